The third kappa shape index (κ3) is 4.15. The van der Waals surface area contributed by atoms with Crippen LogP contribution in [0.2, 0.25) is 0 Å². The van der Waals surface area contributed by atoms with E-state index < -0.39 is 0 Å². The quantitative estimate of drug-likeness (QED) is 0.550. The highest BCUT2D eigenvalue weighted by Crippen LogP contribution is 2.12. The predicted octanol–water partition coefficient (Wildman–Crippen LogP) is 2.30. The van der Waals surface area contributed by atoms with E-state index in [1.165, 1.54) is 13.0 Å². The van der Waals surface area contributed by atoms with Crippen molar-refractivity contribution in [1.82, 2.24) is 0 Å². The van der Waals surface area contributed by atoms with Gasteiger partial charge in [0.15, 0.2) is 5.78 Å². The molecule has 0 bridgehead atoms. The molecule has 0 atom stereocenters. The van der Waals surface area contributed by atoms with Crippen LogP contribution in [0.3, 0.4) is 0 Å². The highest BCUT2D eigenvalue weighted by molar-refractivity contribution is 5.91. The zero-order valence-electron chi connectivity index (χ0n) is 8.57. The van der Waals surface area contributed by atoms with Crippen LogP contribution in [0.1, 0.15) is 12.5 Å². The zero-order valence-corrected chi connectivity index (χ0v) is 8.57. The Kier molecular flexibility index (Phi) is 4.18. The molecule has 1 aromatic rings. The predicted molar refractivity (Wildman–Crippen MR) is 60.5 cm³/mol. The Morgan fingerprint density at radius 2 is 2.13 bits per heavy atom. The summed E-state index contributed by atoms with van der Waals surface area (Å²) in [5.74, 6) is 3.15. The molecule has 0 aromatic heterocycles. The molecule has 0 saturated carbocycles. The number of allylic oxidation sites excluding steroid dienone is 1. The highest BCUT2D eigenvalue weighted by Gasteiger charge is 1.92. The number of hydrogen-bond donors (Lipinski definition) is 0. The van der Waals surface area contributed by atoms with Crippen LogP contribution in [0.15, 0.2) is 30.3 Å². The van der Waals surface area contributed by atoms with Crippen LogP contribution >= 0.6 is 0 Å². The first-order valence-corrected chi connectivity index (χ1v) is 4.57. The first-order valence-electron chi connectivity index (χ1n) is 4.57. The molecule has 0 heterocycles. The molecule has 0 N–H and O–H groups in total. The van der Waals surface area contributed by atoms with Crippen molar-refractivity contribution in [3.05, 3.63) is 35.9 Å². The van der Waals surface area contributed by atoms with E-state index in [0.29, 0.717) is 0 Å². The standard InChI is InChI=1S/C13H12O2/c1-3-10-15-13-8-6-12(7-9-13)5-4-11(2)14/h1,4-9H,10H2,2H3/b5-4+. The van der Waals surface area contributed by atoms with E-state index >= 15 is 0 Å². The van der Waals surface area contributed by atoms with Crippen molar-refractivity contribution in [2.75, 3.05) is 6.61 Å². The van der Waals surface area contributed by atoms with Gasteiger partial charge in [-0.1, -0.05) is 24.1 Å². The van der Waals surface area contributed by atoms with Crippen LogP contribution < -0.4 is 4.74 Å². The Morgan fingerprint density at radius 1 is 1.47 bits per heavy atom. The number of carbonyl (C=O) groups excluding carboxylic acids is 1. The number of carbonyl (C=O) groups is 1. The molecule has 2 nitrogen and oxygen atoms in total. The van der Waals surface area contributed by atoms with Gasteiger partial charge >= 0.3 is 0 Å². The normalized spacial score (nSPS) is 9.87. The first kappa shape index (κ1) is 11.1. The van der Waals surface area contributed by atoms with E-state index in [9.17, 15) is 4.79 Å². The smallest absolute Gasteiger partial charge is 0.152 e. The van der Waals surface area contributed by atoms with E-state index in [2.05, 4.69) is 5.92 Å². The topological polar surface area (TPSA) is 26.3 Å². The van der Waals surface area contributed by atoms with E-state index in [-0.39, 0.29) is 12.4 Å². The molecule has 1 aromatic carbocycles. The van der Waals surface area contributed by atoms with Gasteiger partial charge < -0.3 is 4.74 Å². The Bertz CT molecular complexity index is 394. The van der Waals surface area contributed by atoms with Crippen molar-refractivity contribution in [2.45, 2.75) is 6.92 Å². The second-order valence-corrected chi connectivity index (χ2v) is 3.01. The van der Waals surface area contributed by atoms with Crippen molar-refractivity contribution in [3.63, 3.8) is 0 Å². The van der Waals surface area contributed by atoms with E-state index in [1.807, 2.05) is 24.3 Å². The average molecular weight is 200 g/mol. The molecule has 0 saturated heterocycles. The first-order chi connectivity index (χ1) is 7.22. The van der Waals surface area contributed by atoms with E-state index in [1.54, 1.807) is 6.08 Å². The number of ketones is 1. The molecule has 0 radical (unpaired) electrons. The summed E-state index contributed by atoms with van der Waals surface area (Å²) in [5, 5.41) is 0. The molecule has 1 rings (SSSR count). The largest absolute Gasteiger partial charge is 0.481 e. The summed E-state index contributed by atoms with van der Waals surface area (Å²) in [7, 11) is 0. The Labute approximate surface area is 89.6 Å². The van der Waals surface area contributed by atoms with Crippen molar-refractivity contribution in [2.24, 2.45) is 0 Å². The summed E-state index contributed by atoms with van der Waals surface area (Å²) in [6.45, 7) is 1.78. The fraction of sp³-hybridized carbons (Fsp3) is 0.154. The minimum atomic E-state index is 0.0302. The van der Waals surface area contributed by atoms with Crippen LogP contribution in [0.5, 0.6) is 5.75 Å². The fourth-order valence-corrected chi connectivity index (χ4v) is 1.01. The minimum absolute atomic E-state index is 0.0302. The third-order valence-corrected chi connectivity index (χ3v) is 1.71. The number of rotatable bonds is 4. The SMILES string of the molecule is C#CCOc1ccc(/C=C/C(C)=O)cc1. The number of hydrogen-bond acceptors (Lipinski definition) is 2. The molecule has 0 unspecified atom stereocenters. The molecule has 2 heteroatoms. The van der Waals surface area contributed by atoms with Gasteiger partial charge in [0.05, 0.1) is 0 Å². The van der Waals surface area contributed by atoms with Gasteiger partial charge in [-0.3, -0.25) is 4.79 Å². The molecule has 0 aliphatic rings. The van der Waals surface area contributed by atoms with Crippen molar-refractivity contribution >= 4 is 11.9 Å². The lowest BCUT2D eigenvalue weighted by Gasteiger charge is -2.01. The lowest BCUT2D eigenvalue weighted by Crippen LogP contribution is -1.92. The Balaban J connectivity index is 2.64. The molecule has 15 heavy (non-hydrogen) atoms. The second kappa shape index (κ2) is 5.66. The van der Waals surface area contributed by atoms with Crippen LogP contribution in [0, 0.1) is 12.3 Å². The molecule has 0 fully saturated rings. The minimum Gasteiger partial charge on any atom is -0.481 e. The number of ether oxygens (including phenoxy) is 1. The van der Waals surface area contributed by atoms with Crippen LogP contribution in [0.25, 0.3) is 6.08 Å². The van der Waals surface area contributed by atoms with Gasteiger partial charge in [0.1, 0.15) is 12.4 Å². The Morgan fingerprint density at radius 3 is 2.67 bits per heavy atom. The van der Waals surface area contributed by atoms with E-state index in [0.717, 1.165) is 11.3 Å². The molecule has 0 spiro atoms. The van der Waals surface area contributed by atoms with Gasteiger partial charge in [-0.05, 0) is 30.7 Å². The fourth-order valence-electron chi connectivity index (χ4n) is 1.01. The maximum Gasteiger partial charge on any atom is 0.152 e. The van der Waals surface area contributed by atoms with Crippen LogP contribution in [-0.4, -0.2) is 12.4 Å². The second-order valence-electron chi connectivity index (χ2n) is 3.01. The summed E-state index contributed by atoms with van der Waals surface area (Å²) in [4.78, 5) is 10.7. The molecular formula is C13H12O2. The van der Waals surface area contributed by atoms with Gasteiger partial charge in [0, 0.05) is 0 Å². The molecular weight excluding hydrogens is 188 g/mol. The number of terminal acetylenes is 1. The monoisotopic (exact) mass is 200 g/mol. The summed E-state index contributed by atoms with van der Waals surface area (Å²) in [5.41, 5.74) is 0.957. The van der Waals surface area contributed by atoms with Gasteiger partial charge in [-0.15, -0.1) is 6.42 Å². The third-order valence-electron chi connectivity index (χ3n) is 1.71. The lowest BCUT2D eigenvalue weighted by atomic mass is 10.2. The van der Waals surface area contributed by atoms with Crippen molar-refractivity contribution in [3.8, 4) is 18.1 Å². The molecule has 76 valence electrons. The van der Waals surface area contributed by atoms with Gasteiger partial charge in [-0.25, -0.2) is 0 Å². The molecule has 0 aliphatic heterocycles. The summed E-state index contributed by atoms with van der Waals surface area (Å²) >= 11 is 0. The zero-order chi connectivity index (χ0) is 11.1. The molecule has 0 amide bonds. The summed E-state index contributed by atoms with van der Waals surface area (Å²) < 4.78 is 5.21. The Hall–Kier alpha value is -2.01. The summed E-state index contributed by atoms with van der Waals surface area (Å²) in [6.07, 6.45) is 8.35. The van der Waals surface area contributed by atoms with E-state index in [4.69, 9.17) is 11.2 Å². The maximum atomic E-state index is 10.7. The lowest BCUT2D eigenvalue weighted by molar-refractivity contribution is -0.112. The highest BCUT2D eigenvalue weighted by atomic mass is 16.5. The van der Waals surface area contributed by atoms with Crippen molar-refractivity contribution in [1.29, 1.82) is 0 Å². The molecule has 0 aliphatic carbocycles. The van der Waals surface area contributed by atoms with Crippen molar-refractivity contribution < 1.29 is 9.53 Å². The van der Waals surface area contributed by atoms with Gasteiger partial charge in [0.25, 0.3) is 0 Å². The maximum absolute atomic E-state index is 10.7. The summed E-state index contributed by atoms with van der Waals surface area (Å²) in [6, 6.07) is 7.37. The number of benzene rings is 1. The van der Waals surface area contributed by atoms with Gasteiger partial charge in [0.2, 0.25) is 0 Å². The van der Waals surface area contributed by atoms with Gasteiger partial charge in [-0.2, -0.15) is 0 Å². The average Bonchev–Trinajstić information content (AvgIpc) is 2.25. The van der Waals surface area contributed by atoms with Crippen LogP contribution in [-0.2, 0) is 4.79 Å². The van der Waals surface area contributed by atoms with Crippen LogP contribution in [0.4, 0.5) is 0 Å².